The van der Waals surface area contributed by atoms with Crippen molar-refractivity contribution in [3.63, 3.8) is 0 Å². The fourth-order valence-electron chi connectivity index (χ4n) is 0.997. The Labute approximate surface area is 81.0 Å². The number of hydrogen-bond donors (Lipinski definition) is 2. The first kappa shape index (κ1) is 10.5. The van der Waals surface area contributed by atoms with Crippen molar-refractivity contribution in [2.75, 3.05) is 14.2 Å². The summed E-state index contributed by atoms with van der Waals surface area (Å²) in [5, 5.41) is 0. The highest BCUT2D eigenvalue weighted by atomic mass is 19.1. The van der Waals surface area contributed by atoms with E-state index in [-0.39, 0.29) is 5.56 Å². The summed E-state index contributed by atoms with van der Waals surface area (Å²) in [6.45, 7) is 0. The van der Waals surface area contributed by atoms with Gasteiger partial charge in [-0.3, -0.25) is 10.2 Å². The van der Waals surface area contributed by atoms with E-state index < -0.39 is 11.7 Å². The van der Waals surface area contributed by atoms with Crippen LogP contribution in [0.3, 0.4) is 0 Å². The monoisotopic (exact) mass is 198 g/mol. The summed E-state index contributed by atoms with van der Waals surface area (Å²) in [5.74, 6) is -0.609. The summed E-state index contributed by atoms with van der Waals surface area (Å²) < 4.78 is 17.8. The minimum absolute atomic E-state index is 0.205. The molecule has 1 aromatic rings. The van der Waals surface area contributed by atoms with Crippen LogP contribution in [-0.2, 0) is 0 Å². The van der Waals surface area contributed by atoms with E-state index in [0.717, 1.165) is 6.07 Å². The molecule has 1 amide bonds. The fraction of sp³-hybridized carbons (Fsp3) is 0.222. The maximum atomic E-state index is 12.9. The van der Waals surface area contributed by atoms with Crippen LogP contribution >= 0.6 is 0 Å². The molecule has 0 saturated carbocycles. The molecule has 0 spiro atoms. The lowest BCUT2D eigenvalue weighted by Gasteiger charge is -2.05. The lowest BCUT2D eigenvalue weighted by molar-refractivity contribution is 0.0937. The van der Waals surface area contributed by atoms with E-state index in [1.165, 1.54) is 19.2 Å². The Hall–Kier alpha value is -1.62. The number of carbonyl (C=O) groups excluding carboxylic acids is 1. The Balaban J connectivity index is 2.96. The minimum Gasteiger partial charge on any atom is -0.497 e. The molecule has 0 fully saturated rings. The first-order chi connectivity index (χ1) is 6.67. The molecule has 2 N–H and O–H groups in total. The number of halogens is 1. The smallest absolute Gasteiger partial charge is 0.265 e. The molecule has 0 unspecified atom stereocenters. The van der Waals surface area contributed by atoms with Gasteiger partial charge in [-0.1, -0.05) is 0 Å². The molecule has 0 saturated heterocycles. The van der Waals surface area contributed by atoms with Crippen molar-refractivity contribution in [3.8, 4) is 5.75 Å². The second-order valence-corrected chi connectivity index (χ2v) is 2.58. The van der Waals surface area contributed by atoms with Gasteiger partial charge in [0, 0.05) is 18.7 Å². The summed E-state index contributed by atoms with van der Waals surface area (Å²) in [7, 11) is 2.96. The van der Waals surface area contributed by atoms with Crippen molar-refractivity contribution < 1.29 is 13.9 Å². The van der Waals surface area contributed by atoms with Crippen LogP contribution in [0.1, 0.15) is 10.4 Å². The van der Waals surface area contributed by atoms with E-state index in [4.69, 9.17) is 4.74 Å². The van der Waals surface area contributed by atoms with Gasteiger partial charge in [-0.15, -0.1) is 0 Å². The number of methoxy groups -OCH3 is 1. The average molecular weight is 198 g/mol. The summed E-state index contributed by atoms with van der Waals surface area (Å²) in [6.07, 6.45) is 0. The normalized spacial score (nSPS) is 9.64. The molecule has 4 nitrogen and oxygen atoms in total. The number of hydrogen-bond acceptors (Lipinski definition) is 3. The predicted octanol–water partition coefficient (Wildman–Crippen LogP) is 0.699. The zero-order valence-electron chi connectivity index (χ0n) is 7.93. The average Bonchev–Trinajstić information content (AvgIpc) is 2.17. The number of rotatable bonds is 3. The molecule has 76 valence electrons. The number of amides is 1. The number of hydrazine groups is 1. The van der Waals surface area contributed by atoms with E-state index in [2.05, 4.69) is 10.9 Å². The van der Waals surface area contributed by atoms with Gasteiger partial charge in [-0.05, 0) is 12.1 Å². The van der Waals surface area contributed by atoms with Crippen LogP contribution in [0.4, 0.5) is 4.39 Å². The summed E-state index contributed by atoms with van der Waals surface area (Å²) >= 11 is 0. The zero-order chi connectivity index (χ0) is 10.6. The molecule has 0 aliphatic carbocycles. The first-order valence-electron chi connectivity index (χ1n) is 3.99. The highest BCUT2D eigenvalue weighted by molar-refractivity contribution is 5.94. The molecule has 1 aromatic carbocycles. The molecule has 0 aliphatic heterocycles. The standard InChI is InChI=1S/C9H11FN2O2/c1-11-12-9(13)6-3-7(10)5-8(4-6)14-2/h3-5,11H,1-2H3,(H,12,13). The lowest BCUT2D eigenvalue weighted by atomic mass is 10.2. The van der Waals surface area contributed by atoms with Crippen LogP contribution in [0.2, 0.25) is 0 Å². The summed E-state index contributed by atoms with van der Waals surface area (Å²) in [6, 6.07) is 3.79. The van der Waals surface area contributed by atoms with E-state index in [0.29, 0.717) is 5.75 Å². The van der Waals surface area contributed by atoms with E-state index >= 15 is 0 Å². The van der Waals surface area contributed by atoms with Gasteiger partial charge >= 0.3 is 0 Å². The van der Waals surface area contributed by atoms with Gasteiger partial charge in [0.25, 0.3) is 5.91 Å². The Morgan fingerprint density at radius 1 is 1.43 bits per heavy atom. The van der Waals surface area contributed by atoms with Crippen molar-refractivity contribution in [3.05, 3.63) is 29.6 Å². The fourth-order valence-corrected chi connectivity index (χ4v) is 0.997. The maximum Gasteiger partial charge on any atom is 0.265 e. The van der Waals surface area contributed by atoms with E-state index in [1.54, 1.807) is 7.05 Å². The highest BCUT2D eigenvalue weighted by Crippen LogP contribution is 2.15. The van der Waals surface area contributed by atoms with Crippen molar-refractivity contribution in [1.82, 2.24) is 10.9 Å². The molecule has 14 heavy (non-hydrogen) atoms. The maximum absolute atomic E-state index is 12.9. The lowest BCUT2D eigenvalue weighted by Crippen LogP contribution is -2.34. The summed E-state index contributed by atoms with van der Waals surface area (Å²) in [5.41, 5.74) is 4.99. The van der Waals surface area contributed by atoms with Gasteiger partial charge in [0.1, 0.15) is 11.6 Å². The zero-order valence-corrected chi connectivity index (χ0v) is 7.93. The predicted molar refractivity (Wildman–Crippen MR) is 49.5 cm³/mol. The van der Waals surface area contributed by atoms with Crippen molar-refractivity contribution >= 4 is 5.91 Å². The number of nitrogens with one attached hydrogen (secondary N) is 2. The SMILES string of the molecule is CNNC(=O)c1cc(F)cc(OC)c1. The first-order valence-corrected chi connectivity index (χ1v) is 3.99. The molecule has 0 atom stereocenters. The molecule has 1 rings (SSSR count). The molecule has 0 bridgehead atoms. The number of benzene rings is 1. The third-order valence-electron chi connectivity index (χ3n) is 1.61. The van der Waals surface area contributed by atoms with Crippen LogP contribution in [0, 0.1) is 5.82 Å². The second-order valence-electron chi connectivity index (χ2n) is 2.58. The molecule has 0 heterocycles. The van der Waals surface area contributed by atoms with Gasteiger partial charge in [0.15, 0.2) is 0 Å². The Morgan fingerprint density at radius 2 is 2.14 bits per heavy atom. The molecular weight excluding hydrogens is 187 g/mol. The third-order valence-corrected chi connectivity index (χ3v) is 1.61. The van der Waals surface area contributed by atoms with Crippen LogP contribution in [0.15, 0.2) is 18.2 Å². The van der Waals surface area contributed by atoms with Gasteiger partial charge in [-0.25, -0.2) is 9.82 Å². The van der Waals surface area contributed by atoms with E-state index in [9.17, 15) is 9.18 Å². The topological polar surface area (TPSA) is 50.4 Å². The summed E-state index contributed by atoms with van der Waals surface area (Å²) in [4.78, 5) is 11.3. The molecule has 5 heteroatoms. The van der Waals surface area contributed by atoms with Gasteiger partial charge in [0.05, 0.1) is 7.11 Å². The van der Waals surface area contributed by atoms with Crippen molar-refractivity contribution in [1.29, 1.82) is 0 Å². The highest BCUT2D eigenvalue weighted by Gasteiger charge is 2.07. The van der Waals surface area contributed by atoms with Gasteiger partial charge < -0.3 is 4.74 Å². The molecular formula is C9H11FN2O2. The number of carbonyl (C=O) groups is 1. The second kappa shape index (κ2) is 4.57. The van der Waals surface area contributed by atoms with Gasteiger partial charge in [-0.2, -0.15) is 0 Å². The largest absolute Gasteiger partial charge is 0.497 e. The Bertz CT molecular complexity index is 342. The van der Waals surface area contributed by atoms with Crippen LogP contribution < -0.4 is 15.6 Å². The van der Waals surface area contributed by atoms with Gasteiger partial charge in [0.2, 0.25) is 0 Å². The van der Waals surface area contributed by atoms with Crippen LogP contribution in [0.25, 0.3) is 0 Å². The van der Waals surface area contributed by atoms with Crippen molar-refractivity contribution in [2.45, 2.75) is 0 Å². The molecule has 0 aliphatic rings. The van der Waals surface area contributed by atoms with Crippen molar-refractivity contribution in [2.24, 2.45) is 0 Å². The Morgan fingerprint density at radius 3 is 2.71 bits per heavy atom. The van der Waals surface area contributed by atoms with Crippen LogP contribution in [-0.4, -0.2) is 20.1 Å². The molecule has 0 aromatic heterocycles. The van der Waals surface area contributed by atoms with Crippen LogP contribution in [0.5, 0.6) is 5.75 Å². The number of ether oxygens (including phenoxy) is 1. The minimum atomic E-state index is -0.509. The molecule has 0 radical (unpaired) electrons. The quantitative estimate of drug-likeness (QED) is 0.703. The van der Waals surface area contributed by atoms with E-state index in [1.807, 2.05) is 0 Å². The third kappa shape index (κ3) is 2.43. The Kier molecular flexibility index (Phi) is 3.41.